The Morgan fingerprint density at radius 2 is 1.63 bits per heavy atom. The van der Waals surface area contributed by atoms with Gasteiger partial charge in [-0.15, -0.1) is 0 Å². The van der Waals surface area contributed by atoms with Crippen molar-refractivity contribution in [1.29, 1.82) is 0 Å². The highest BCUT2D eigenvalue weighted by Crippen LogP contribution is 2.21. The molecular formula is C21H19Cl2N3O. The third kappa shape index (κ3) is 4.79. The Morgan fingerprint density at radius 3 is 2.26 bits per heavy atom. The summed E-state index contributed by atoms with van der Waals surface area (Å²) in [5.74, 6) is -0.180. The number of nitrogens with one attached hydrogen (secondary N) is 1. The number of carbonyl (C=O) groups is 1. The predicted octanol–water partition coefficient (Wildman–Crippen LogP) is 5.09. The zero-order valence-electron chi connectivity index (χ0n) is 15.0. The fraction of sp³-hybridized carbons (Fsp3) is 0.143. The highest BCUT2D eigenvalue weighted by atomic mass is 35.5. The Morgan fingerprint density at radius 1 is 1.04 bits per heavy atom. The van der Waals surface area contributed by atoms with E-state index < -0.39 is 0 Å². The van der Waals surface area contributed by atoms with Gasteiger partial charge in [-0.05, 0) is 61.9 Å². The van der Waals surface area contributed by atoms with E-state index in [1.54, 1.807) is 18.3 Å². The summed E-state index contributed by atoms with van der Waals surface area (Å²) < 4.78 is 2.12. The molecule has 0 saturated heterocycles. The van der Waals surface area contributed by atoms with Crippen LogP contribution in [0.3, 0.4) is 0 Å². The van der Waals surface area contributed by atoms with Crippen molar-refractivity contribution in [3.8, 4) is 5.69 Å². The minimum Gasteiger partial charge on any atom is -0.318 e. The molecule has 0 aliphatic heterocycles. The molecule has 0 bridgehead atoms. The predicted molar refractivity (Wildman–Crippen MR) is 111 cm³/mol. The quantitative estimate of drug-likeness (QED) is 0.471. The van der Waals surface area contributed by atoms with Gasteiger partial charge in [0.05, 0.1) is 12.6 Å². The van der Waals surface area contributed by atoms with Crippen molar-refractivity contribution in [3.05, 3.63) is 87.2 Å². The van der Waals surface area contributed by atoms with Crippen LogP contribution in [-0.4, -0.2) is 16.7 Å². The van der Waals surface area contributed by atoms with Crippen LogP contribution in [0.25, 0.3) is 5.69 Å². The lowest BCUT2D eigenvalue weighted by atomic mass is 10.1. The number of halogens is 2. The number of hydrazone groups is 1. The minimum absolute atomic E-state index is 0.180. The summed E-state index contributed by atoms with van der Waals surface area (Å²) in [5.41, 5.74) is 7.52. The number of benzene rings is 2. The van der Waals surface area contributed by atoms with E-state index in [9.17, 15) is 4.79 Å². The van der Waals surface area contributed by atoms with Gasteiger partial charge >= 0.3 is 0 Å². The summed E-state index contributed by atoms with van der Waals surface area (Å²) in [7, 11) is 0. The van der Waals surface area contributed by atoms with E-state index in [1.165, 1.54) is 0 Å². The minimum atomic E-state index is -0.180. The average molecular weight is 400 g/mol. The molecule has 27 heavy (non-hydrogen) atoms. The average Bonchev–Trinajstić information content (AvgIpc) is 2.92. The molecule has 3 aromatic rings. The molecule has 0 saturated carbocycles. The molecule has 0 spiro atoms. The SMILES string of the molecule is Cc1cc(/C=N\NC(=O)Cc2ccc(Cl)cc2)c(C)n1-c1ccc(Cl)cc1. The number of rotatable bonds is 5. The topological polar surface area (TPSA) is 46.4 Å². The van der Waals surface area contributed by atoms with Crippen LogP contribution in [0.2, 0.25) is 10.0 Å². The van der Waals surface area contributed by atoms with Crippen molar-refractivity contribution in [3.63, 3.8) is 0 Å². The second-order valence-electron chi connectivity index (χ2n) is 6.23. The van der Waals surface area contributed by atoms with E-state index >= 15 is 0 Å². The number of aryl methyl sites for hydroxylation is 1. The summed E-state index contributed by atoms with van der Waals surface area (Å²) in [4.78, 5) is 12.0. The van der Waals surface area contributed by atoms with E-state index in [4.69, 9.17) is 23.2 Å². The van der Waals surface area contributed by atoms with Crippen LogP contribution in [0.1, 0.15) is 22.5 Å². The van der Waals surface area contributed by atoms with E-state index in [1.807, 2.05) is 56.3 Å². The molecule has 0 fully saturated rings. The first-order valence-electron chi connectivity index (χ1n) is 8.45. The van der Waals surface area contributed by atoms with Crippen molar-refractivity contribution < 1.29 is 4.79 Å². The second kappa shape index (κ2) is 8.42. The molecule has 0 atom stereocenters. The molecule has 1 N–H and O–H groups in total. The lowest BCUT2D eigenvalue weighted by Crippen LogP contribution is -2.19. The van der Waals surface area contributed by atoms with Gasteiger partial charge in [0.1, 0.15) is 0 Å². The van der Waals surface area contributed by atoms with Crippen LogP contribution >= 0.6 is 23.2 Å². The number of hydrogen-bond donors (Lipinski definition) is 1. The molecule has 1 heterocycles. The Bertz CT molecular complexity index is 974. The number of hydrogen-bond acceptors (Lipinski definition) is 2. The van der Waals surface area contributed by atoms with Crippen LogP contribution in [0.4, 0.5) is 0 Å². The van der Waals surface area contributed by atoms with Gasteiger partial charge in [0.2, 0.25) is 5.91 Å². The molecule has 4 nitrogen and oxygen atoms in total. The second-order valence-corrected chi connectivity index (χ2v) is 7.11. The Labute approximate surface area is 168 Å². The maximum absolute atomic E-state index is 12.0. The summed E-state index contributed by atoms with van der Waals surface area (Å²) in [5, 5.41) is 5.44. The summed E-state index contributed by atoms with van der Waals surface area (Å²) in [6.07, 6.45) is 1.91. The number of aromatic nitrogens is 1. The van der Waals surface area contributed by atoms with Crippen LogP contribution in [-0.2, 0) is 11.2 Å². The Hall–Kier alpha value is -2.56. The number of carbonyl (C=O) groups excluding carboxylic acids is 1. The van der Waals surface area contributed by atoms with Gasteiger partial charge in [-0.1, -0.05) is 35.3 Å². The summed E-state index contributed by atoms with van der Waals surface area (Å²) in [6, 6.07) is 16.9. The third-order valence-electron chi connectivity index (χ3n) is 4.23. The van der Waals surface area contributed by atoms with Crippen molar-refractivity contribution in [2.24, 2.45) is 5.10 Å². The van der Waals surface area contributed by atoms with E-state index in [0.717, 1.165) is 28.2 Å². The number of amides is 1. The zero-order valence-corrected chi connectivity index (χ0v) is 16.6. The molecule has 0 radical (unpaired) electrons. The maximum atomic E-state index is 12.0. The normalized spacial score (nSPS) is 11.1. The van der Waals surface area contributed by atoms with Crippen LogP contribution in [0.5, 0.6) is 0 Å². The third-order valence-corrected chi connectivity index (χ3v) is 4.73. The van der Waals surface area contributed by atoms with Gasteiger partial charge < -0.3 is 4.57 Å². The van der Waals surface area contributed by atoms with Crippen molar-refractivity contribution in [1.82, 2.24) is 9.99 Å². The van der Waals surface area contributed by atoms with E-state index in [0.29, 0.717) is 10.0 Å². The van der Waals surface area contributed by atoms with E-state index in [2.05, 4.69) is 15.1 Å². The van der Waals surface area contributed by atoms with Gasteiger partial charge in [-0.3, -0.25) is 4.79 Å². The first kappa shape index (κ1) is 19.2. The first-order valence-corrected chi connectivity index (χ1v) is 9.21. The van der Waals surface area contributed by atoms with E-state index in [-0.39, 0.29) is 12.3 Å². The monoisotopic (exact) mass is 399 g/mol. The highest BCUT2D eigenvalue weighted by Gasteiger charge is 2.09. The molecule has 6 heteroatoms. The zero-order chi connectivity index (χ0) is 19.4. The standard InChI is InChI=1S/C21H19Cl2N3O/c1-14-11-17(15(2)26(14)20-9-7-19(23)8-10-20)13-24-25-21(27)12-16-3-5-18(22)6-4-16/h3-11,13H,12H2,1-2H3,(H,25,27)/b24-13-. The molecule has 138 valence electrons. The fourth-order valence-electron chi connectivity index (χ4n) is 2.91. The molecule has 3 rings (SSSR count). The van der Waals surface area contributed by atoms with Crippen molar-refractivity contribution >= 4 is 35.3 Å². The summed E-state index contributed by atoms with van der Waals surface area (Å²) >= 11 is 11.8. The van der Waals surface area contributed by atoms with Crippen LogP contribution in [0.15, 0.2) is 59.7 Å². The molecule has 1 amide bonds. The molecule has 2 aromatic carbocycles. The summed E-state index contributed by atoms with van der Waals surface area (Å²) in [6.45, 7) is 4.04. The molecule has 1 aromatic heterocycles. The van der Waals surface area contributed by atoms with Crippen molar-refractivity contribution in [2.45, 2.75) is 20.3 Å². The first-order chi connectivity index (χ1) is 12.9. The van der Waals surface area contributed by atoms with Gasteiger partial charge in [0.25, 0.3) is 0 Å². The van der Waals surface area contributed by atoms with Gasteiger partial charge in [0.15, 0.2) is 0 Å². The van der Waals surface area contributed by atoms with Gasteiger partial charge in [-0.2, -0.15) is 5.10 Å². The molecule has 0 aliphatic carbocycles. The molecule has 0 aliphatic rings. The van der Waals surface area contributed by atoms with Crippen LogP contribution in [0, 0.1) is 13.8 Å². The smallest absolute Gasteiger partial charge is 0.244 e. The molecule has 0 unspecified atom stereocenters. The Balaban J connectivity index is 1.68. The fourth-order valence-corrected chi connectivity index (χ4v) is 3.16. The van der Waals surface area contributed by atoms with Gasteiger partial charge in [-0.25, -0.2) is 5.43 Å². The lowest BCUT2D eigenvalue weighted by molar-refractivity contribution is -0.120. The Kier molecular flexibility index (Phi) is 5.99. The number of nitrogens with zero attached hydrogens (tertiary/aromatic N) is 2. The highest BCUT2D eigenvalue weighted by molar-refractivity contribution is 6.30. The molecular weight excluding hydrogens is 381 g/mol. The largest absolute Gasteiger partial charge is 0.318 e. The lowest BCUT2D eigenvalue weighted by Gasteiger charge is -2.09. The van der Waals surface area contributed by atoms with Crippen molar-refractivity contribution in [2.75, 3.05) is 0 Å². The maximum Gasteiger partial charge on any atom is 0.244 e. The van der Waals surface area contributed by atoms with Gasteiger partial charge in [0, 0.05) is 32.7 Å². The van der Waals surface area contributed by atoms with Crippen LogP contribution < -0.4 is 5.43 Å².